The maximum atomic E-state index is 11.9. The van der Waals surface area contributed by atoms with Gasteiger partial charge in [-0.3, -0.25) is 4.79 Å². The highest BCUT2D eigenvalue weighted by molar-refractivity contribution is 5.85. The summed E-state index contributed by atoms with van der Waals surface area (Å²) in [7, 11) is 1.57. The number of carbonyl (C=O) groups is 1. The molecule has 0 aliphatic carbocycles. The van der Waals surface area contributed by atoms with E-state index in [2.05, 4.69) is 0 Å². The molecule has 1 aromatic heterocycles. The number of rotatable bonds is 4. The molecule has 1 unspecified atom stereocenters. The maximum absolute atomic E-state index is 11.9. The third-order valence-corrected chi connectivity index (χ3v) is 2.27. The molecule has 15 heavy (non-hydrogen) atoms. The van der Waals surface area contributed by atoms with Crippen LogP contribution in [0, 0.1) is 5.41 Å². The quantitative estimate of drug-likeness (QED) is 0.766. The van der Waals surface area contributed by atoms with Gasteiger partial charge in [-0.2, -0.15) is 0 Å². The molecule has 3 heteroatoms. The summed E-state index contributed by atoms with van der Waals surface area (Å²) < 4.78 is 10.2. The molecule has 1 atom stereocenters. The smallest absolute Gasteiger partial charge is 0.166 e. The van der Waals surface area contributed by atoms with E-state index in [9.17, 15) is 4.79 Å². The minimum Gasteiger partial charge on any atom is -0.472 e. The summed E-state index contributed by atoms with van der Waals surface area (Å²) >= 11 is 0. The Morgan fingerprint density at radius 3 is 2.60 bits per heavy atom. The van der Waals surface area contributed by atoms with Gasteiger partial charge in [0.2, 0.25) is 0 Å². The van der Waals surface area contributed by atoms with Crippen LogP contribution in [0.3, 0.4) is 0 Å². The molecular weight excluding hydrogens is 192 g/mol. The fraction of sp³-hybridized carbons (Fsp3) is 0.583. The lowest BCUT2D eigenvalue weighted by molar-refractivity contribution is -0.134. The van der Waals surface area contributed by atoms with Crippen molar-refractivity contribution in [2.45, 2.75) is 33.3 Å². The van der Waals surface area contributed by atoms with Crippen molar-refractivity contribution < 1.29 is 13.9 Å². The standard InChI is InChI=1S/C12H18O3/c1-12(2,3)11(14-4)10(13)7-9-5-6-15-8-9/h5-6,8,11H,7H2,1-4H3. The zero-order chi connectivity index (χ0) is 11.5. The highest BCUT2D eigenvalue weighted by Crippen LogP contribution is 2.23. The van der Waals surface area contributed by atoms with Crippen molar-refractivity contribution in [3.63, 3.8) is 0 Å². The van der Waals surface area contributed by atoms with Crippen LogP contribution in [0.5, 0.6) is 0 Å². The zero-order valence-corrected chi connectivity index (χ0v) is 9.74. The van der Waals surface area contributed by atoms with Crippen molar-refractivity contribution in [3.05, 3.63) is 24.2 Å². The Balaban J connectivity index is 2.67. The fourth-order valence-corrected chi connectivity index (χ4v) is 1.66. The Labute approximate surface area is 90.4 Å². The average Bonchev–Trinajstić information content (AvgIpc) is 2.54. The summed E-state index contributed by atoms with van der Waals surface area (Å²) in [6.07, 6.45) is 3.16. The van der Waals surface area contributed by atoms with Crippen LogP contribution in [0.2, 0.25) is 0 Å². The molecule has 1 heterocycles. The number of furan rings is 1. The molecule has 0 aliphatic rings. The highest BCUT2D eigenvalue weighted by Gasteiger charge is 2.30. The SMILES string of the molecule is COC(C(=O)Cc1ccoc1)C(C)(C)C. The summed E-state index contributed by atoms with van der Waals surface area (Å²) in [4.78, 5) is 11.9. The first-order valence-corrected chi connectivity index (χ1v) is 5.01. The van der Waals surface area contributed by atoms with Gasteiger partial charge in [0.1, 0.15) is 6.10 Å². The summed E-state index contributed by atoms with van der Waals surface area (Å²) in [6, 6.07) is 1.80. The average molecular weight is 210 g/mol. The normalized spacial score (nSPS) is 13.9. The van der Waals surface area contributed by atoms with Crippen LogP contribution >= 0.6 is 0 Å². The Bertz CT molecular complexity index is 306. The highest BCUT2D eigenvalue weighted by atomic mass is 16.5. The molecule has 0 saturated heterocycles. The first-order valence-electron chi connectivity index (χ1n) is 5.01. The molecule has 0 bridgehead atoms. The van der Waals surface area contributed by atoms with Crippen molar-refractivity contribution in [3.8, 4) is 0 Å². The van der Waals surface area contributed by atoms with E-state index in [1.165, 1.54) is 0 Å². The van der Waals surface area contributed by atoms with Crippen LogP contribution in [-0.4, -0.2) is 19.0 Å². The Morgan fingerprint density at radius 1 is 1.53 bits per heavy atom. The van der Waals surface area contributed by atoms with Crippen molar-refractivity contribution >= 4 is 5.78 Å². The Kier molecular flexibility index (Phi) is 3.69. The van der Waals surface area contributed by atoms with Crippen molar-refractivity contribution in [2.75, 3.05) is 7.11 Å². The van der Waals surface area contributed by atoms with Gasteiger partial charge < -0.3 is 9.15 Å². The van der Waals surface area contributed by atoms with Gasteiger partial charge in [0.05, 0.1) is 12.5 Å². The molecule has 1 rings (SSSR count). The monoisotopic (exact) mass is 210 g/mol. The van der Waals surface area contributed by atoms with Gasteiger partial charge in [-0.25, -0.2) is 0 Å². The summed E-state index contributed by atoms with van der Waals surface area (Å²) in [5, 5.41) is 0. The first-order chi connectivity index (χ1) is 6.95. The van der Waals surface area contributed by atoms with Gasteiger partial charge in [-0.15, -0.1) is 0 Å². The Hall–Kier alpha value is -1.09. The van der Waals surface area contributed by atoms with Crippen LogP contribution in [0.1, 0.15) is 26.3 Å². The largest absolute Gasteiger partial charge is 0.472 e. The molecule has 84 valence electrons. The van der Waals surface area contributed by atoms with Crippen LogP contribution < -0.4 is 0 Å². The molecule has 1 aromatic rings. The molecular formula is C12H18O3. The molecule has 3 nitrogen and oxygen atoms in total. The minimum absolute atomic E-state index is 0.0893. The summed E-state index contributed by atoms with van der Waals surface area (Å²) in [5.74, 6) is 0.0893. The van der Waals surface area contributed by atoms with Crippen molar-refractivity contribution in [1.29, 1.82) is 0 Å². The van der Waals surface area contributed by atoms with Gasteiger partial charge in [0, 0.05) is 13.5 Å². The van der Waals surface area contributed by atoms with E-state index in [0.29, 0.717) is 6.42 Å². The minimum atomic E-state index is -0.368. The van der Waals surface area contributed by atoms with E-state index < -0.39 is 0 Å². The van der Waals surface area contributed by atoms with E-state index in [1.807, 2.05) is 20.8 Å². The molecule has 0 aromatic carbocycles. The number of ketones is 1. The lowest BCUT2D eigenvalue weighted by atomic mass is 9.85. The van der Waals surface area contributed by atoms with Crippen LogP contribution in [0.25, 0.3) is 0 Å². The molecule has 0 spiro atoms. The van der Waals surface area contributed by atoms with E-state index in [-0.39, 0.29) is 17.3 Å². The van der Waals surface area contributed by atoms with Gasteiger partial charge in [0.25, 0.3) is 0 Å². The summed E-state index contributed by atoms with van der Waals surface area (Å²) in [5.41, 5.74) is 0.724. The van der Waals surface area contributed by atoms with Crippen LogP contribution in [-0.2, 0) is 16.0 Å². The van der Waals surface area contributed by atoms with E-state index in [4.69, 9.17) is 9.15 Å². The third-order valence-electron chi connectivity index (χ3n) is 2.27. The second kappa shape index (κ2) is 4.62. The molecule has 0 radical (unpaired) electrons. The number of ether oxygens (including phenoxy) is 1. The molecule has 0 fully saturated rings. The Morgan fingerprint density at radius 2 is 2.20 bits per heavy atom. The van der Waals surface area contributed by atoms with Crippen molar-refractivity contribution in [2.24, 2.45) is 5.41 Å². The first kappa shape index (κ1) is 12.0. The summed E-state index contributed by atoms with van der Waals surface area (Å²) in [6.45, 7) is 5.98. The lowest BCUT2D eigenvalue weighted by Gasteiger charge is -2.27. The number of hydrogen-bond acceptors (Lipinski definition) is 3. The predicted molar refractivity (Wildman–Crippen MR) is 57.7 cm³/mol. The van der Waals surface area contributed by atoms with Gasteiger partial charge in [-0.1, -0.05) is 20.8 Å². The maximum Gasteiger partial charge on any atom is 0.166 e. The van der Waals surface area contributed by atoms with Gasteiger partial charge in [-0.05, 0) is 17.0 Å². The van der Waals surface area contributed by atoms with Gasteiger partial charge in [0.15, 0.2) is 5.78 Å². The number of Topliss-reactive ketones (excluding diaryl/α,β-unsaturated/α-hetero) is 1. The zero-order valence-electron chi connectivity index (χ0n) is 9.74. The lowest BCUT2D eigenvalue weighted by Crippen LogP contribution is -2.37. The second-order valence-corrected chi connectivity index (χ2v) is 4.76. The van der Waals surface area contributed by atoms with E-state index >= 15 is 0 Å². The third kappa shape index (κ3) is 3.20. The molecule has 0 N–H and O–H groups in total. The van der Waals surface area contributed by atoms with Crippen LogP contribution in [0.15, 0.2) is 23.0 Å². The van der Waals surface area contributed by atoms with Crippen LogP contribution in [0.4, 0.5) is 0 Å². The van der Waals surface area contributed by atoms with Gasteiger partial charge >= 0.3 is 0 Å². The fourth-order valence-electron chi connectivity index (χ4n) is 1.66. The molecule has 0 saturated carbocycles. The van der Waals surface area contributed by atoms with Crippen molar-refractivity contribution in [1.82, 2.24) is 0 Å². The van der Waals surface area contributed by atoms with E-state index in [1.54, 1.807) is 25.7 Å². The number of methoxy groups -OCH3 is 1. The molecule has 0 amide bonds. The molecule has 0 aliphatic heterocycles. The second-order valence-electron chi connectivity index (χ2n) is 4.76. The van der Waals surface area contributed by atoms with E-state index in [0.717, 1.165) is 5.56 Å². The number of hydrogen-bond donors (Lipinski definition) is 0. The predicted octanol–water partition coefficient (Wildman–Crippen LogP) is 2.45. The topological polar surface area (TPSA) is 39.4 Å². The number of carbonyl (C=O) groups excluding carboxylic acids is 1.